The number of fused-ring (bicyclic) bond motifs is 1. The van der Waals surface area contributed by atoms with Crippen LogP contribution in [0.1, 0.15) is 31.4 Å². The predicted octanol–water partition coefficient (Wildman–Crippen LogP) is 4.70. The monoisotopic (exact) mass is 488 g/mol. The average Bonchev–Trinajstić information content (AvgIpc) is 3.15. The molecule has 0 unspecified atom stereocenters. The minimum Gasteiger partial charge on any atom is -0.444 e. The van der Waals surface area contributed by atoms with Gasteiger partial charge in [0.15, 0.2) is 15.4 Å². The van der Waals surface area contributed by atoms with Crippen molar-refractivity contribution in [3.05, 3.63) is 46.8 Å². The van der Waals surface area contributed by atoms with E-state index >= 15 is 0 Å². The molecule has 0 amide bonds. The summed E-state index contributed by atoms with van der Waals surface area (Å²) in [6.07, 6.45) is 6.55. The Kier molecular flexibility index (Phi) is 5.71. The summed E-state index contributed by atoms with van der Waals surface area (Å²) in [4.78, 5) is 4.77. The van der Waals surface area contributed by atoms with Crippen LogP contribution in [0.15, 0.2) is 50.3 Å². The number of anilines is 2. The van der Waals surface area contributed by atoms with Gasteiger partial charge in [-0.25, -0.2) is 13.4 Å². The van der Waals surface area contributed by atoms with E-state index < -0.39 is 9.84 Å². The van der Waals surface area contributed by atoms with Crippen molar-refractivity contribution in [3.63, 3.8) is 0 Å². The summed E-state index contributed by atoms with van der Waals surface area (Å²) in [5.41, 5.74) is 1.24. The van der Waals surface area contributed by atoms with Crippen LogP contribution < -0.4 is 10.6 Å². The molecule has 1 aliphatic carbocycles. The highest BCUT2D eigenvalue weighted by Gasteiger charge is 2.24. The summed E-state index contributed by atoms with van der Waals surface area (Å²) >= 11 is 3.57. The summed E-state index contributed by atoms with van der Waals surface area (Å²) < 4.78 is 30.2. The van der Waals surface area contributed by atoms with Gasteiger partial charge in [-0.05, 0) is 53.7 Å². The van der Waals surface area contributed by atoms with E-state index in [0.29, 0.717) is 16.2 Å². The highest BCUT2D eigenvalue weighted by Crippen LogP contribution is 2.34. The third-order valence-corrected chi connectivity index (χ3v) is 7.30. The van der Waals surface area contributed by atoms with Gasteiger partial charge in [-0.1, -0.05) is 12.1 Å². The van der Waals surface area contributed by atoms with Gasteiger partial charge in [-0.3, -0.25) is 0 Å². The molecule has 30 heavy (non-hydrogen) atoms. The van der Waals surface area contributed by atoms with Gasteiger partial charge in [-0.15, -0.1) is 0 Å². The molecule has 156 valence electrons. The molecule has 0 atom stereocenters. The van der Waals surface area contributed by atoms with Crippen molar-refractivity contribution in [2.75, 3.05) is 16.9 Å². The topological polar surface area (TPSA) is 108 Å². The van der Waals surface area contributed by atoms with Gasteiger partial charge in [0, 0.05) is 29.8 Å². The number of rotatable bonds is 5. The van der Waals surface area contributed by atoms with E-state index in [0.717, 1.165) is 41.4 Å². The fraction of sp³-hybridized carbons (Fsp3) is 0.333. The number of hydrogen-bond acceptors (Lipinski definition) is 7. The Morgan fingerprint density at radius 3 is 2.50 bits per heavy atom. The number of furan rings is 1. The van der Waals surface area contributed by atoms with Crippen molar-refractivity contribution in [2.24, 2.45) is 0 Å². The summed E-state index contributed by atoms with van der Waals surface area (Å²) in [6, 6.07) is 11.2. The Morgan fingerprint density at radius 2 is 1.83 bits per heavy atom. The van der Waals surface area contributed by atoms with Crippen molar-refractivity contribution < 1.29 is 12.8 Å². The number of nitrogens with one attached hydrogen (secondary N) is 2. The van der Waals surface area contributed by atoms with Crippen LogP contribution in [0.5, 0.6) is 0 Å². The Balaban J connectivity index is 1.41. The van der Waals surface area contributed by atoms with E-state index in [4.69, 9.17) is 9.68 Å². The maximum atomic E-state index is 12.0. The van der Waals surface area contributed by atoms with E-state index in [1.807, 2.05) is 18.2 Å². The molecule has 4 rings (SSSR count). The van der Waals surface area contributed by atoms with E-state index in [2.05, 4.69) is 31.5 Å². The van der Waals surface area contributed by atoms with Gasteiger partial charge >= 0.3 is 0 Å². The van der Waals surface area contributed by atoms with Crippen LogP contribution in [-0.2, 0) is 9.84 Å². The van der Waals surface area contributed by atoms with Crippen molar-refractivity contribution in [1.82, 2.24) is 4.98 Å². The Labute approximate surface area is 183 Å². The minimum atomic E-state index is -3.27. The predicted molar refractivity (Wildman–Crippen MR) is 119 cm³/mol. The minimum absolute atomic E-state index is 0.219. The number of sulfone groups is 1. The van der Waals surface area contributed by atoms with E-state index in [1.165, 1.54) is 6.26 Å². The van der Waals surface area contributed by atoms with Crippen LogP contribution in [0.3, 0.4) is 0 Å². The molecule has 1 aromatic carbocycles. The highest BCUT2D eigenvalue weighted by atomic mass is 79.9. The van der Waals surface area contributed by atoms with Crippen molar-refractivity contribution in [2.45, 2.75) is 42.7 Å². The number of benzene rings is 1. The molecule has 1 saturated carbocycles. The lowest BCUT2D eigenvalue weighted by atomic mass is 9.91. The van der Waals surface area contributed by atoms with E-state index in [9.17, 15) is 8.42 Å². The molecule has 0 spiro atoms. The maximum absolute atomic E-state index is 12.0. The number of nitriles is 1. The molecule has 2 aromatic heterocycles. The smallest absolute Gasteiger partial charge is 0.204 e. The average molecular weight is 489 g/mol. The summed E-state index contributed by atoms with van der Waals surface area (Å²) in [7, 11) is -3.27. The third-order valence-electron chi connectivity index (χ3n) is 5.34. The lowest BCUT2D eigenvalue weighted by Gasteiger charge is -2.31. The molecule has 3 aromatic rings. The zero-order chi connectivity index (χ0) is 21.3. The molecule has 1 aliphatic rings. The summed E-state index contributed by atoms with van der Waals surface area (Å²) in [6.45, 7) is 0. The van der Waals surface area contributed by atoms with Crippen LogP contribution in [0, 0.1) is 11.3 Å². The second-order valence-electron chi connectivity index (χ2n) is 7.53. The van der Waals surface area contributed by atoms with Gasteiger partial charge in [-0.2, -0.15) is 5.26 Å². The van der Waals surface area contributed by atoms with Crippen LogP contribution in [-0.4, -0.2) is 31.7 Å². The largest absolute Gasteiger partial charge is 0.444 e. The fourth-order valence-electron chi connectivity index (χ4n) is 3.84. The molecule has 0 aliphatic heterocycles. The first-order chi connectivity index (χ1) is 14.3. The molecule has 0 bridgehead atoms. The number of nitrogens with zero attached hydrogens (tertiary/aromatic N) is 2. The van der Waals surface area contributed by atoms with Gasteiger partial charge in [0.05, 0.1) is 21.3 Å². The number of halogens is 1. The Bertz CT molecular complexity index is 1220. The maximum Gasteiger partial charge on any atom is 0.204 e. The van der Waals surface area contributed by atoms with Crippen LogP contribution in [0.2, 0.25) is 0 Å². The SMILES string of the molecule is CS(=O)(=O)c1ccccc1NC1CCC(Nc2ncc3oc(C#N)cc3c2Br)CC1. The molecule has 9 heteroatoms. The van der Waals surface area contributed by atoms with Crippen molar-refractivity contribution >= 4 is 48.2 Å². The zero-order valence-corrected chi connectivity index (χ0v) is 18.8. The lowest BCUT2D eigenvalue weighted by Crippen LogP contribution is -2.33. The molecule has 0 radical (unpaired) electrons. The number of para-hydroxylation sites is 1. The van der Waals surface area contributed by atoms with Gasteiger partial charge in [0.1, 0.15) is 11.9 Å². The molecule has 7 nitrogen and oxygen atoms in total. The summed E-state index contributed by atoms with van der Waals surface area (Å²) in [5, 5.41) is 16.7. The normalized spacial score (nSPS) is 19.4. The second-order valence-corrected chi connectivity index (χ2v) is 10.3. The molecular formula is C21H21BrN4O3S. The van der Waals surface area contributed by atoms with Gasteiger partial charge in [0.2, 0.25) is 5.76 Å². The van der Waals surface area contributed by atoms with Crippen LogP contribution in [0.4, 0.5) is 11.5 Å². The molecule has 2 N–H and O–H groups in total. The van der Waals surface area contributed by atoms with Crippen molar-refractivity contribution in [1.29, 1.82) is 5.26 Å². The second kappa shape index (κ2) is 8.28. The number of aromatic nitrogens is 1. The van der Waals surface area contributed by atoms with Crippen LogP contribution in [0.25, 0.3) is 11.0 Å². The molecule has 1 fully saturated rings. The van der Waals surface area contributed by atoms with E-state index in [1.54, 1.807) is 24.4 Å². The zero-order valence-electron chi connectivity index (χ0n) is 16.4. The van der Waals surface area contributed by atoms with Crippen molar-refractivity contribution in [3.8, 4) is 6.07 Å². The number of hydrogen-bond donors (Lipinski definition) is 2. The highest BCUT2D eigenvalue weighted by molar-refractivity contribution is 9.10. The Hall–Kier alpha value is -2.57. The Morgan fingerprint density at radius 1 is 1.17 bits per heavy atom. The molecule has 2 heterocycles. The fourth-order valence-corrected chi connectivity index (χ4v) is 5.22. The molecule has 0 saturated heterocycles. The first kappa shape index (κ1) is 20.7. The van der Waals surface area contributed by atoms with Gasteiger partial charge in [0.25, 0.3) is 0 Å². The van der Waals surface area contributed by atoms with Crippen LogP contribution >= 0.6 is 15.9 Å². The quantitative estimate of drug-likeness (QED) is 0.535. The summed E-state index contributed by atoms with van der Waals surface area (Å²) in [5.74, 6) is 0.984. The third kappa shape index (κ3) is 4.30. The van der Waals surface area contributed by atoms with E-state index in [-0.39, 0.29) is 17.8 Å². The lowest BCUT2D eigenvalue weighted by molar-refractivity contribution is 0.427. The van der Waals surface area contributed by atoms with Gasteiger partial charge < -0.3 is 15.1 Å². The number of pyridine rings is 1. The first-order valence-electron chi connectivity index (χ1n) is 9.65. The molecular weight excluding hydrogens is 468 g/mol. The standard InChI is InChI=1S/C21H21BrN4O3S/c1-30(27,28)19-5-3-2-4-17(19)25-13-6-8-14(9-7-13)26-21-20(22)16-10-15(11-23)29-18(16)12-24-21/h2-5,10,12-14,25H,6-9H2,1H3,(H,24,26). The first-order valence-corrected chi connectivity index (χ1v) is 12.3.